The predicted molar refractivity (Wildman–Crippen MR) is 117 cm³/mol. The van der Waals surface area contributed by atoms with Gasteiger partial charge in [-0.1, -0.05) is 54.1 Å². The number of benzene rings is 2. The molecule has 0 aliphatic carbocycles. The third-order valence-corrected chi connectivity index (χ3v) is 6.05. The summed E-state index contributed by atoms with van der Waals surface area (Å²) in [5.41, 5.74) is 3.70. The van der Waals surface area contributed by atoms with Crippen LogP contribution in [0, 0.1) is 5.82 Å². The third-order valence-electron chi connectivity index (χ3n) is 6.05. The number of amides is 1. The van der Waals surface area contributed by atoms with Crippen LogP contribution in [0.3, 0.4) is 0 Å². The average Bonchev–Trinajstić information content (AvgIpc) is 3.18. The van der Waals surface area contributed by atoms with Crippen LogP contribution in [0.4, 0.5) is 4.39 Å². The highest BCUT2D eigenvalue weighted by Gasteiger charge is 2.37. The van der Waals surface area contributed by atoms with Crippen LogP contribution in [0.1, 0.15) is 36.8 Å². The lowest BCUT2D eigenvalue weighted by molar-refractivity contribution is -0.122. The van der Waals surface area contributed by atoms with Gasteiger partial charge in [-0.2, -0.15) is 0 Å². The maximum Gasteiger partial charge on any atom is 0.210 e. The summed E-state index contributed by atoms with van der Waals surface area (Å²) in [5.74, 6) is -0.210. The Morgan fingerprint density at radius 3 is 2.48 bits per heavy atom. The number of likely N-dealkylation sites (tertiary alicyclic amines) is 2. The normalized spacial score (nSPS) is 23.8. The molecule has 5 heteroatoms. The van der Waals surface area contributed by atoms with E-state index in [-0.39, 0.29) is 24.3 Å². The fraction of sp³-hybridized carbons (Fsp3) is 0.375. The van der Waals surface area contributed by atoms with Crippen molar-refractivity contribution in [2.75, 3.05) is 13.1 Å². The summed E-state index contributed by atoms with van der Waals surface area (Å²) in [5, 5.41) is 0. The Kier molecular flexibility index (Phi) is 7.45. The molecule has 2 saturated heterocycles. The Morgan fingerprint density at radius 2 is 1.76 bits per heavy atom. The van der Waals surface area contributed by atoms with Crippen LogP contribution < -0.4 is 0 Å². The lowest BCUT2D eigenvalue weighted by Gasteiger charge is -2.41. The highest BCUT2D eigenvalue weighted by atomic mass is 35.5. The van der Waals surface area contributed by atoms with Crippen molar-refractivity contribution >= 4 is 24.9 Å². The number of hydrogen-bond donors (Lipinski definition) is 0. The van der Waals surface area contributed by atoms with E-state index >= 15 is 0 Å². The molecule has 2 fully saturated rings. The second kappa shape index (κ2) is 10.0. The van der Waals surface area contributed by atoms with Crippen molar-refractivity contribution in [3.8, 4) is 0 Å². The molecule has 1 amide bonds. The topological polar surface area (TPSA) is 23.6 Å². The Labute approximate surface area is 178 Å². The van der Waals surface area contributed by atoms with Crippen molar-refractivity contribution in [1.29, 1.82) is 0 Å². The molecule has 2 atom stereocenters. The largest absolute Gasteiger partial charge is 0.340 e. The van der Waals surface area contributed by atoms with Crippen LogP contribution in [0.25, 0.3) is 6.08 Å². The Balaban J connectivity index is 0.00000240. The predicted octanol–water partition coefficient (Wildman–Crippen LogP) is 4.92. The molecule has 2 aliphatic rings. The number of halogens is 2. The van der Waals surface area contributed by atoms with E-state index in [9.17, 15) is 9.18 Å². The molecule has 2 aliphatic heterocycles. The molecular weight excluding hydrogens is 387 g/mol. The first-order valence-electron chi connectivity index (χ1n) is 10.2. The van der Waals surface area contributed by atoms with Gasteiger partial charge < -0.3 is 4.90 Å². The van der Waals surface area contributed by atoms with Gasteiger partial charge in [0.05, 0.1) is 6.04 Å². The molecule has 0 spiro atoms. The molecule has 0 bridgehead atoms. The molecule has 0 N–H and O–H groups in total. The molecule has 3 nitrogen and oxygen atoms in total. The fourth-order valence-corrected chi connectivity index (χ4v) is 4.64. The lowest BCUT2D eigenvalue weighted by atomic mass is 9.89. The first-order valence-corrected chi connectivity index (χ1v) is 10.2. The van der Waals surface area contributed by atoms with Crippen LogP contribution in [-0.2, 0) is 11.3 Å². The summed E-state index contributed by atoms with van der Waals surface area (Å²) < 4.78 is 13.2. The Hall–Kier alpha value is -2.17. The van der Waals surface area contributed by atoms with Crippen molar-refractivity contribution < 1.29 is 9.18 Å². The van der Waals surface area contributed by atoms with Crippen molar-refractivity contribution in [3.63, 3.8) is 0 Å². The zero-order chi connectivity index (χ0) is 19.3. The minimum absolute atomic E-state index is 0. The van der Waals surface area contributed by atoms with Crippen LogP contribution in [0.15, 0.2) is 60.2 Å². The highest BCUT2D eigenvalue weighted by molar-refractivity contribution is 5.85. The van der Waals surface area contributed by atoms with Gasteiger partial charge in [-0.25, -0.2) is 4.39 Å². The van der Waals surface area contributed by atoms with Gasteiger partial charge in [-0.15, -0.1) is 12.4 Å². The molecule has 2 aromatic rings. The van der Waals surface area contributed by atoms with E-state index in [2.05, 4.69) is 35.2 Å². The van der Waals surface area contributed by atoms with Crippen molar-refractivity contribution in [1.82, 2.24) is 9.80 Å². The van der Waals surface area contributed by atoms with Gasteiger partial charge in [0.15, 0.2) is 0 Å². The smallest absolute Gasteiger partial charge is 0.210 e. The molecule has 0 aromatic heterocycles. The lowest BCUT2D eigenvalue weighted by Crippen LogP contribution is -2.51. The van der Waals surface area contributed by atoms with Gasteiger partial charge in [-0.05, 0) is 55.5 Å². The Morgan fingerprint density at radius 1 is 1.00 bits per heavy atom. The molecule has 1 unspecified atom stereocenters. The summed E-state index contributed by atoms with van der Waals surface area (Å²) in [6.07, 6.45) is 7.29. The Bertz CT molecular complexity index is 825. The van der Waals surface area contributed by atoms with E-state index in [0.29, 0.717) is 6.04 Å². The average molecular weight is 415 g/mol. The molecule has 29 heavy (non-hydrogen) atoms. The second-order valence-corrected chi connectivity index (χ2v) is 7.88. The molecule has 2 aromatic carbocycles. The maximum atomic E-state index is 13.2. The van der Waals surface area contributed by atoms with Gasteiger partial charge >= 0.3 is 0 Å². The summed E-state index contributed by atoms with van der Waals surface area (Å²) in [4.78, 5) is 16.3. The molecule has 154 valence electrons. The summed E-state index contributed by atoms with van der Waals surface area (Å²) in [6, 6.07) is 17.8. The van der Waals surface area contributed by atoms with Crippen molar-refractivity contribution in [2.45, 2.75) is 44.3 Å². The molecule has 0 radical (unpaired) electrons. The second-order valence-electron chi connectivity index (χ2n) is 7.88. The number of nitrogens with zero attached hydrogens (tertiary/aromatic N) is 2. The SMILES string of the molecule is Cl.O=CN1CCC(=Cc2ccc(F)cc2)CC1[C@@H]1CCCN1Cc1ccccc1. The summed E-state index contributed by atoms with van der Waals surface area (Å²) in [7, 11) is 0. The minimum Gasteiger partial charge on any atom is -0.340 e. The van der Waals surface area contributed by atoms with E-state index in [1.807, 2.05) is 23.1 Å². The standard InChI is InChI=1S/C24H27FN2O.ClH/c25-22-10-8-19(9-11-22)15-21-12-14-27(18-28)24(16-21)23-7-4-13-26(23)17-20-5-2-1-3-6-20;/h1-3,5-6,8-11,15,18,23-24H,4,7,12-14,16-17H2;1H/t23-,24?;/m0./s1. The summed E-state index contributed by atoms with van der Waals surface area (Å²) >= 11 is 0. The van der Waals surface area contributed by atoms with Crippen molar-refractivity contribution in [3.05, 3.63) is 77.1 Å². The van der Waals surface area contributed by atoms with Crippen LogP contribution in [-0.4, -0.2) is 41.4 Å². The van der Waals surface area contributed by atoms with Crippen LogP contribution >= 0.6 is 12.4 Å². The van der Waals surface area contributed by atoms with E-state index < -0.39 is 0 Å². The number of piperidine rings is 1. The van der Waals surface area contributed by atoms with Gasteiger partial charge in [0, 0.05) is 19.1 Å². The van der Waals surface area contributed by atoms with Gasteiger partial charge in [0.1, 0.15) is 5.82 Å². The third kappa shape index (κ3) is 5.26. The monoisotopic (exact) mass is 414 g/mol. The number of hydrogen-bond acceptors (Lipinski definition) is 2. The zero-order valence-electron chi connectivity index (χ0n) is 16.5. The fourth-order valence-electron chi connectivity index (χ4n) is 4.64. The summed E-state index contributed by atoms with van der Waals surface area (Å²) in [6.45, 7) is 2.78. The highest BCUT2D eigenvalue weighted by Crippen LogP contribution is 2.32. The van der Waals surface area contributed by atoms with E-state index in [1.54, 1.807) is 0 Å². The molecule has 2 heterocycles. The van der Waals surface area contributed by atoms with E-state index in [0.717, 1.165) is 50.9 Å². The number of carbonyl (C=O) groups is 1. The van der Waals surface area contributed by atoms with Gasteiger partial charge in [0.25, 0.3) is 0 Å². The quantitative estimate of drug-likeness (QED) is 0.648. The molecule has 4 rings (SSSR count). The van der Waals surface area contributed by atoms with Gasteiger partial charge in [-0.3, -0.25) is 9.69 Å². The number of rotatable bonds is 5. The number of carbonyl (C=O) groups excluding carboxylic acids is 1. The van der Waals surface area contributed by atoms with E-state index in [1.165, 1.54) is 29.7 Å². The minimum atomic E-state index is -0.210. The van der Waals surface area contributed by atoms with E-state index in [4.69, 9.17) is 0 Å². The van der Waals surface area contributed by atoms with Crippen molar-refractivity contribution in [2.24, 2.45) is 0 Å². The van der Waals surface area contributed by atoms with Crippen LogP contribution in [0.2, 0.25) is 0 Å². The zero-order valence-corrected chi connectivity index (χ0v) is 17.4. The first-order chi connectivity index (χ1) is 13.7. The maximum absolute atomic E-state index is 13.2. The molecule has 0 saturated carbocycles. The van der Waals surface area contributed by atoms with Gasteiger partial charge in [0.2, 0.25) is 6.41 Å². The van der Waals surface area contributed by atoms with Crippen LogP contribution in [0.5, 0.6) is 0 Å². The molecular formula is C24H28ClFN2O. The first kappa shape index (κ1) is 21.5.